The number of amidine groups is 1. The Labute approximate surface area is 101 Å². The fourth-order valence-electron chi connectivity index (χ4n) is 2.85. The van der Waals surface area contributed by atoms with Crippen LogP contribution in [0.15, 0.2) is 4.99 Å². The summed E-state index contributed by atoms with van der Waals surface area (Å²) < 4.78 is 5.46. The van der Waals surface area contributed by atoms with Crippen molar-refractivity contribution >= 4 is 16.9 Å². The maximum atomic E-state index is 5.46. The van der Waals surface area contributed by atoms with Crippen molar-refractivity contribution in [3.05, 3.63) is 0 Å². The second kappa shape index (κ2) is 4.22. The summed E-state index contributed by atoms with van der Waals surface area (Å²) in [4.78, 5) is 4.87. The SMILES string of the molecule is CC1(NC2=NC3CCCC3CS2)CCOC1. The van der Waals surface area contributed by atoms with Gasteiger partial charge < -0.3 is 10.1 Å². The van der Waals surface area contributed by atoms with Gasteiger partial charge in [0.25, 0.3) is 0 Å². The quantitative estimate of drug-likeness (QED) is 0.761. The molecule has 90 valence electrons. The summed E-state index contributed by atoms with van der Waals surface area (Å²) in [7, 11) is 0. The van der Waals surface area contributed by atoms with Gasteiger partial charge in [-0.25, -0.2) is 0 Å². The van der Waals surface area contributed by atoms with E-state index in [0.29, 0.717) is 6.04 Å². The maximum absolute atomic E-state index is 5.46. The second-order valence-electron chi connectivity index (χ2n) is 5.49. The van der Waals surface area contributed by atoms with Crippen LogP contribution in [0, 0.1) is 5.92 Å². The van der Waals surface area contributed by atoms with Gasteiger partial charge in [-0.15, -0.1) is 0 Å². The number of fused-ring (bicyclic) bond motifs is 1. The van der Waals surface area contributed by atoms with E-state index < -0.39 is 0 Å². The molecule has 2 aliphatic heterocycles. The van der Waals surface area contributed by atoms with E-state index in [1.54, 1.807) is 0 Å². The van der Waals surface area contributed by atoms with Gasteiger partial charge in [-0.05, 0) is 32.1 Å². The molecule has 2 heterocycles. The predicted molar refractivity (Wildman–Crippen MR) is 68.0 cm³/mol. The van der Waals surface area contributed by atoms with E-state index in [2.05, 4.69) is 12.2 Å². The number of ether oxygens (including phenoxy) is 1. The fourth-order valence-corrected chi connectivity index (χ4v) is 4.14. The minimum Gasteiger partial charge on any atom is -0.379 e. The van der Waals surface area contributed by atoms with Gasteiger partial charge in [0, 0.05) is 12.4 Å². The van der Waals surface area contributed by atoms with Gasteiger partial charge in [-0.1, -0.05) is 18.2 Å². The Morgan fingerprint density at radius 1 is 1.50 bits per heavy atom. The van der Waals surface area contributed by atoms with Gasteiger partial charge in [-0.2, -0.15) is 0 Å². The molecule has 0 aromatic heterocycles. The Bertz CT molecular complexity index is 299. The van der Waals surface area contributed by atoms with Gasteiger partial charge >= 0.3 is 0 Å². The van der Waals surface area contributed by atoms with Crippen molar-refractivity contribution in [3.63, 3.8) is 0 Å². The highest BCUT2D eigenvalue weighted by molar-refractivity contribution is 8.13. The van der Waals surface area contributed by atoms with Crippen molar-refractivity contribution in [2.45, 2.75) is 44.2 Å². The van der Waals surface area contributed by atoms with E-state index in [9.17, 15) is 0 Å². The molecule has 0 spiro atoms. The number of thioether (sulfide) groups is 1. The molecule has 0 aromatic carbocycles. The Kier molecular flexibility index (Phi) is 2.88. The number of aliphatic imine (C=N–C) groups is 1. The summed E-state index contributed by atoms with van der Waals surface area (Å²) in [6.07, 6.45) is 5.15. The average molecular weight is 240 g/mol. The average Bonchev–Trinajstić information content (AvgIpc) is 2.86. The predicted octanol–water partition coefficient (Wildman–Crippen LogP) is 2.03. The summed E-state index contributed by atoms with van der Waals surface area (Å²) >= 11 is 1.91. The van der Waals surface area contributed by atoms with E-state index in [1.807, 2.05) is 11.8 Å². The molecule has 0 bridgehead atoms. The Hall–Kier alpha value is -0.220. The maximum Gasteiger partial charge on any atom is 0.157 e. The largest absolute Gasteiger partial charge is 0.379 e. The summed E-state index contributed by atoms with van der Waals surface area (Å²) in [6.45, 7) is 3.94. The number of nitrogens with one attached hydrogen (secondary N) is 1. The Balaban J connectivity index is 1.66. The summed E-state index contributed by atoms with van der Waals surface area (Å²) in [5.74, 6) is 2.11. The van der Waals surface area contributed by atoms with Crippen LogP contribution in [-0.4, -0.2) is 35.7 Å². The zero-order valence-corrected chi connectivity index (χ0v) is 10.7. The lowest BCUT2D eigenvalue weighted by molar-refractivity contribution is 0.177. The smallest absolute Gasteiger partial charge is 0.157 e. The number of nitrogens with zero attached hydrogens (tertiary/aromatic N) is 1. The van der Waals surface area contributed by atoms with Crippen LogP contribution in [0.1, 0.15) is 32.6 Å². The topological polar surface area (TPSA) is 33.6 Å². The summed E-state index contributed by atoms with van der Waals surface area (Å²) in [6, 6.07) is 0.606. The number of hydrogen-bond donors (Lipinski definition) is 1. The molecular formula is C12H20N2OS. The van der Waals surface area contributed by atoms with Crippen LogP contribution in [0.3, 0.4) is 0 Å². The highest BCUT2D eigenvalue weighted by atomic mass is 32.2. The van der Waals surface area contributed by atoms with Crippen LogP contribution in [0.25, 0.3) is 0 Å². The Morgan fingerprint density at radius 3 is 3.25 bits per heavy atom. The van der Waals surface area contributed by atoms with Crippen LogP contribution in [0.2, 0.25) is 0 Å². The van der Waals surface area contributed by atoms with Crippen molar-refractivity contribution in [2.75, 3.05) is 19.0 Å². The van der Waals surface area contributed by atoms with Gasteiger partial charge in [0.05, 0.1) is 18.2 Å². The van der Waals surface area contributed by atoms with E-state index in [1.165, 1.54) is 25.0 Å². The molecule has 1 N–H and O–H groups in total. The molecule has 3 nitrogen and oxygen atoms in total. The van der Waals surface area contributed by atoms with E-state index in [-0.39, 0.29) is 5.54 Å². The van der Waals surface area contributed by atoms with Crippen LogP contribution in [-0.2, 0) is 4.74 Å². The van der Waals surface area contributed by atoms with Crippen molar-refractivity contribution < 1.29 is 4.74 Å². The first-order valence-electron chi connectivity index (χ1n) is 6.32. The van der Waals surface area contributed by atoms with Crippen molar-refractivity contribution in [1.29, 1.82) is 0 Å². The third-order valence-corrected chi connectivity index (χ3v) is 5.04. The Morgan fingerprint density at radius 2 is 2.44 bits per heavy atom. The molecule has 0 radical (unpaired) electrons. The first-order chi connectivity index (χ1) is 7.75. The zero-order chi connectivity index (χ0) is 11.0. The van der Waals surface area contributed by atoms with Crippen molar-refractivity contribution in [1.82, 2.24) is 5.32 Å². The molecule has 1 aliphatic carbocycles. The molecule has 1 saturated carbocycles. The van der Waals surface area contributed by atoms with E-state index in [4.69, 9.17) is 9.73 Å². The molecule has 2 fully saturated rings. The molecule has 1 saturated heterocycles. The van der Waals surface area contributed by atoms with Gasteiger partial charge in [-0.3, -0.25) is 4.99 Å². The normalized spacial score (nSPS) is 42.9. The summed E-state index contributed by atoms with van der Waals surface area (Å²) in [5, 5.41) is 4.76. The molecule has 3 unspecified atom stereocenters. The van der Waals surface area contributed by atoms with Crippen LogP contribution in [0.4, 0.5) is 0 Å². The lowest BCUT2D eigenvalue weighted by Crippen LogP contribution is -2.47. The molecule has 16 heavy (non-hydrogen) atoms. The van der Waals surface area contributed by atoms with Gasteiger partial charge in [0.2, 0.25) is 0 Å². The standard InChI is InChI=1S/C12H20N2OS/c1-12(5-6-15-8-12)14-11-13-10-4-2-3-9(10)7-16-11/h9-10H,2-8H2,1H3,(H,13,14). The number of rotatable bonds is 1. The molecule has 4 heteroatoms. The van der Waals surface area contributed by atoms with Crippen LogP contribution >= 0.6 is 11.8 Å². The first-order valence-corrected chi connectivity index (χ1v) is 7.30. The molecule has 3 rings (SSSR count). The molecule has 3 aliphatic rings. The highest BCUT2D eigenvalue weighted by Gasteiger charge is 2.35. The van der Waals surface area contributed by atoms with Gasteiger partial charge in [0.15, 0.2) is 5.17 Å². The van der Waals surface area contributed by atoms with Crippen molar-refractivity contribution in [3.8, 4) is 0 Å². The highest BCUT2D eigenvalue weighted by Crippen LogP contribution is 2.35. The zero-order valence-electron chi connectivity index (χ0n) is 9.87. The lowest BCUT2D eigenvalue weighted by Gasteiger charge is -2.30. The second-order valence-corrected chi connectivity index (χ2v) is 6.50. The molecule has 3 atom stereocenters. The molecule has 0 amide bonds. The minimum absolute atomic E-state index is 0.122. The van der Waals surface area contributed by atoms with E-state index >= 15 is 0 Å². The molecular weight excluding hydrogens is 220 g/mol. The summed E-state index contributed by atoms with van der Waals surface area (Å²) in [5.41, 5.74) is 0.122. The van der Waals surface area contributed by atoms with E-state index in [0.717, 1.165) is 30.7 Å². The third kappa shape index (κ3) is 2.09. The van der Waals surface area contributed by atoms with Crippen molar-refractivity contribution in [2.24, 2.45) is 10.9 Å². The third-order valence-electron chi connectivity index (χ3n) is 3.96. The monoisotopic (exact) mass is 240 g/mol. The minimum atomic E-state index is 0.122. The first kappa shape index (κ1) is 10.9. The van der Waals surface area contributed by atoms with Gasteiger partial charge in [0.1, 0.15) is 0 Å². The van der Waals surface area contributed by atoms with Crippen LogP contribution in [0.5, 0.6) is 0 Å². The number of hydrogen-bond acceptors (Lipinski definition) is 4. The molecule has 0 aromatic rings. The lowest BCUT2D eigenvalue weighted by atomic mass is 10.0. The fraction of sp³-hybridized carbons (Fsp3) is 0.917. The van der Waals surface area contributed by atoms with Crippen LogP contribution < -0.4 is 5.32 Å².